The quantitative estimate of drug-likeness (QED) is 0.475. The van der Waals surface area contributed by atoms with E-state index in [-0.39, 0.29) is 33.3 Å². The second-order valence-corrected chi connectivity index (χ2v) is 5.41. The summed E-state index contributed by atoms with van der Waals surface area (Å²) in [4.78, 5) is 23.6. The third kappa shape index (κ3) is 2.92. The highest BCUT2D eigenvalue weighted by Gasteiger charge is 2.29. The van der Waals surface area contributed by atoms with Crippen molar-refractivity contribution in [2.75, 3.05) is 6.61 Å². The van der Waals surface area contributed by atoms with E-state index in [1.165, 1.54) is 23.9 Å². The number of hydrogen-bond donors (Lipinski definition) is 0. The van der Waals surface area contributed by atoms with Gasteiger partial charge in [0.2, 0.25) is 11.7 Å². The smallest absolute Gasteiger partial charge is 0.284 e. The van der Waals surface area contributed by atoms with Gasteiger partial charge in [-0.15, -0.1) is 0 Å². The van der Waals surface area contributed by atoms with E-state index < -0.39 is 10.7 Å². The SMILES string of the molecule is CCOc1c(C(=O)c2cc(C)c(Cl)c(C)c2[N+](=O)[O-])cnn1C. The zero-order chi connectivity index (χ0) is 17.3. The Morgan fingerprint density at radius 1 is 1.43 bits per heavy atom. The molecule has 0 N–H and O–H groups in total. The Morgan fingerprint density at radius 3 is 2.65 bits per heavy atom. The van der Waals surface area contributed by atoms with Crippen molar-refractivity contribution in [3.63, 3.8) is 0 Å². The van der Waals surface area contributed by atoms with Crippen LogP contribution < -0.4 is 4.74 Å². The minimum absolute atomic E-state index is 0.0247. The molecule has 1 heterocycles. The molecule has 0 aliphatic carbocycles. The van der Waals surface area contributed by atoms with Crippen LogP contribution in [0.5, 0.6) is 5.88 Å². The van der Waals surface area contributed by atoms with Crippen LogP contribution in [0.1, 0.15) is 34.0 Å². The highest BCUT2D eigenvalue weighted by Crippen LogP contribution is 2.34. The maximum Gasteiger partial charge on any atom is 0.284 e. The maximum absolute atomic E-state index is 12.8. The van der Waals surface area contributed by atoms with E-state index in [4.69, 9.17) is 16.3 Å². The lowest BCUT2D eigenvalue weighted by Gasteiger charge is -2.10. The molecule has 0 radical (unpaired) electrons. The fourth-order valence-corrected chi connectivity index (χ4v) is 2.54. The molecule has 0 amide bonds. The molecule has 0 unspecified atom stereocenters. The molecule has 23 heavy (non-hydrogen) atoms. The Balaban J connectivity index is 2.67. The monoisotopic (exact) mass is 337 g/mol. The molecule has 0 aliphatic heterocycles. The van der Waals surface area contributed by atoms with Crippen molar-refractivity contribution in [1.82, 2.24) is 9.78 Å². The summed E-state index contributed by atoms with van der Waals surface area (Å²) in [6.45, 7) is 5.35. The van der Waals surface area contributed by atoms with Gasteiger partial charge in [-0.25, -0.2) is 4.68 Å². The molecule has 1 aromatic heterocycles. The molecule has 2 rings (SSSR count). The number of aromatic nitrogens is 2. The Labute approximate surface area is 138 Å². The molecule has 2 aromatic rings. The Kier molecular flexibility index (Phi) is 4.70. The molecular weight excluding hydrogens is 322 g/mol. The zero-order valence-electron chi connectivity index (χ0n) is 13.2. The van der Waals surface area contributed by atoms with Crippen LogP contribution in [0.15, 0.2) is 12.3 Å². The lowest BCUT2D eigenvalue weighted by atomic mass is 9.98. The fourth-order valence-electron chi connectivity index (χ4n) is 2.39. The summed E-state index contributed by atoms with van der Waals surface area (Å²) in [6, 6.07) is 1.43. The molecular formula is C15H16ClN3O4. The number of nitrogens with zero attached hydrogens (tertiary/aromatic N) is 3. The predicted molar refractivity (Wildman–Crippen MR) is 85.4 cm³/mol. The molecule has 0 aliphatic rings. The number of rotatable bonds is 5. The third-order valence-corrected chi connectivity index (χ3v) is 4.07. The number of halogens is 1. The van der Waals surface area contributed by atoms with Gasteiger partial charge in [0.15, 0.2) is 0 Å². The second-order valence-electron chi connectivity index (χ2n) is 5.03. The average Bonchev–Trinajstić information content (AvgIpc) is 2.85. The number of carbonyl (C=O) groups is 1. The van der Waals surface area contributed by atoms with Crippen LogP contribution in [-0.4, -0.2) is 27.1 Å². The molecule has 0 saturated heterocycles. The zero-order valence-corrected chi connectivity index (χ0v) is 14.0. The van der Waals surface area contributed by atoms with E-state index in [1.54, 1.807) is 20.9 Å². The van der Waals surface area contributed by atoms with E-state index in [1.807, 2.05) is 0 Å². The summed E-state index contributed by atoms with van der Waals surface area (Å²) < 4.78 is 6.83. The number of nitro groups is 1. The summed E-state index contributed by atoms with van der Waals surface area (Å²) in [7, 11) is 1.63. The van der Waals surface area contributed by atoms with Crippen LogP contribution in [0.3, 0.4) is 0 Å². The lowest BCUT2D eigenvalue weighted by molar-refractivity contribution is -0.385. The van der Waals surface area contributed by atoms with Crippen LogP contribution in [0.4, 0.5) is 5.69 Å². The third-order valence-electron chi connectivity index (χ3n) is 3.48. The van der Waals surface area contributed by atoms with Crippen molar-refractivity contribution < 1.29 is 14.5 Å². The Hall–Kier alpha value is -2.41. The Morgan fingerprint density at radius 2 is 2.09 bits per heavy atom. The van der Waals surface area contributed by atoms with Crippen LogP contribution in [0, 0.1) is 24.0 Å². The normalized spacial score (nSPS) is 10.7. The summed E-state index contributed by atoms with van der Waals surface area (Å²) in [5.41, 5.74) is 0.723. The van der Waals surface area contributed by atoms with E-state index in [0.29, 0.717) is 12.2 Å². The van der Waals surface area contributed by atoms with Crippen LogP contribution in [-0.2, 0) is 7.05 Å². The summed E-state index contributed by atoms with van der Waals surface area (Å²) in [5.74, 6) is -0.242. The number of carbonyl (C=O) groups excluding carboxylic acids is 1. The largest absolute Gasteiger partial charge is 0.478 e. The number of nitro benzene ring substituents is 1. The van der Waals surface area contributed by atoms with Crippen LogP contribution in [0.25, 0.3) is 0 Å². The van der Waals surface area contributed by atoms with Gasteiger partial charge in [0.1, 0.15) is 11.1 Å². The maximum atomic E-state index is 12.8. The molecule has 0 fully saturated rings. The van der Waals surface area contributed by atoms with E-state index in [0.717, 1.165) is 0 Å². The highest BCUT2D eigenvalue weighted by atomic mass is 35.5. The van der Waals surface area contributed by atoms with Gasteiger partial charge in [0.25, 0.3) is 5.69 Å². The van der Waals surface area contributed by atoms with Crippen molar-refractivity contribution in [2.24, 2.45) is 7.05 Å². The molecule has 7 nitrogen and oxygen atoms in total. The van der Waals surface area contributed by atoms with Crippen LogP contribution in [0.2, 0.25) is 5.02 Å². The number of ether oxygens (including phenoxy) is 1. The molecule has 0 saturated carbocycles. The second kappa shape index (κ2) is 6.37. The van der Waals surface area contributed by atoms with Gasteiger partial charge in [0, 0.05) is 12.6 Å². The first kappa shape index (κ1) is 17.0. The van der Waals surface area contributed by atoms with Crippen molar-refractivity contribution in [3.05, 3.63) is 49.7 Å². The first-order chi connectivity index (χ1) is 10.8. The van der Waals surface area contributed by atoms with Gasteiger partial charge in [-0.1, -0.05) is 11.6 Å². The van der Waals surface area contributed by atoms with Crippen molar-refractivity contribution in [3.8, 4) is 5.88 Å². The van der Waals surface area contributed by atoms with Gasteiger partial charge in [-0.3, -0.25) is 14.9 Å². The van der Waals surface area contributed by atoms with Gasteiger partial charge in [-0.2, -0.15) is 5.10 Å². The molecule has 0 atom stereocenters. The number of benzene rings is 1. The first-order valence-electron chi connectivity index (χ1n) is 6.93. The summed E-state index contributed by atoms with van der Waals surface area (Å²) >= 11 is 6.08. The fraction of sp³-hybridized carbons (Fsp3) is 0.333. The van der Waals surface area contributed by atoms with Crippen molar-refractivity contribution in [1.29, 1.82) is 0 Å². The van der Waals surface area contributed by atoms with Crippen molar-refractivity contribution >= 4 is 23.1 Å². The first-order valence-corrected chi connectivity index (χ1v) is 7.30. The number of aryl methyl sites for hydroxylation is 2. The van der Waals surface area contributed by atoms with E-state index in [2.05, 4.69) is 5.10 Å². The summed E-state index contributed by atoms with van der Waals surface area (Å²) in [5, 5.41) is 15.7. The number of ketones is 1. The molecule has 0 bridgehead atoms. The minimum atomic E-state index is -0.593. The van der Waals surface area contributed by atoms with Gasteiger partial charge >= 0.3 is 0 Å². The van der Waals surface area contributed by atoms with Crippen molar-refractivity contribution in [2.45, 2.75) is 20.8 Å². The molecule has 0 spiro atoms. The van der Waals surface area contributed by atoms with Gasteiger partial charge in [-0.05, 0) is 32.4 Å². The standard InChI is InChI=1S/C15H16ClN3O4/c1-5-23-15-11(7-17-18(15)4)14(20)10-6-8(2)12(16)9(3)13(10)19(21)22/h6-7H,5H2,1-4H3. The summed E-state index contributed by atoms with van der Waals surface area (Å²) in [6.07, 6.45) is 1.34. The number of hydrogen-bond acceptors (Lipinski definition) is 5. The molecule has 8 heteroatoms. The van der Waals surface area contributed by atoms with Crippen LogP contribution >= 0.6 is 11.6 Å². The van der Waals surface area contributed by atoms with E-state index in [9.17, 15) is 14.9 Å². The lowest BCUT2D eigenvalue weighted by Crippen LogP contribution is -2.10. The topological polar surface area (TPSA) is 87.3 Å². The van der Waals surface area contributed by atoms with Gasteiger partial charge in [0.05, 0.1) is 22.7 Å². The minimum Gasteiger partial charge on any atom is -0.478 e. The predicted octanol–water partition coefficient (Wildman–Crippen LogP) is 3.23. The average molecular weight is 338 g/mol. The highest BCUT2D eigenvalue weighted by molar-refractivity contribution is 6.32. The Bertz CT molecular complexity index is 799. The molecule has 122 valence electrons. The molecule has 1 aromatic carbocycles. The van der Waals surface area contributed by atoms with Gasteiger partial charge < -0.3 is 4.74 Å². The van der Waals surface area contributed by atoms with E-state index >= 15 is 0 Å².